The summed E-state index contributed by atoms with van der Waals surface area (Å²) in [5, 5.41) is 8.83. The van der Waals surface area contributed by atoms with Crippen molar-refractivity contribution < 1.29 is 8.85 Å². The number of unbranched alkanes of at least 4 members (excludes halogenated alkanes) is 10. The molecule has 0 saturated heterocycles. The van der Waals surface area contributed by atoms with Crippen molar-refractivity contribution in [3.63, 3.8) is 0 Å². The summed E-state index contributed by atoms with van der Waals surface area (Å²) in [4.78, 5) is 0. The summed E-state index contributed by atoms with van der Waals surface area (Å²) in [6, 6.07) is 9.37. The minimum Gasteiger partial charge on any atom is -0.520 e. The molecule has 3 nitrogen and oxygen atoms in total. The van der Waals surface area contributed by atoms with Gasteiger partial charge in [0.25, 0.3) is 0 Å². The molecular weight excluding hydrogens is 338 g/mol. The predicted molar refractivity (Wildman–Crippen MR) is 112 cm³/mol. The Labute approximate surface area is 162 Å². The highest BCUT2D eigenvalue weighted by molar-refractivity contribution is 6.65. The van der Waals surface area contributed by atoms with Gasteiger partial charge in [-0.1, -0.05) is 71.1 Å². The normalized spacial score (nSPS) is 11.3. The van der Waals surface area contributed by atoms with Gasteiger partial charge in [-0.2, -0.15) is 5.26 Å². The summed E-state index contributed by atoms with van der Waals surface area (Å²) >= 11 is 0. The Bertz CT molecular complexity index is 508. The van der Waals surface area contributed by atoms with Crippen LogP contribution in [0.1, 0.15) is 83.1 Å². The highest BCUT2D eigenvalue weighted by Crippen LogP contribution is 2.18. The van der Waals surface area contributed by atoms with E-state index in [-0.39, 0.29) is 0 Å². The molecule has 0 bridgehead atoms. The van der Waals surface area contributed by atoms with E-state index in [2.05, 4.69) is 26.1 Å². The third-order valence-corrected chi connectivity index (χ3v) is 6.17. The van der Waals surface area contributed by atoms with E-state index in [9.17, 15) is 0 Å². The Morgan fingerprint density at radius 3 is 1.81 bits per heavy atom. The van der Waals surface area contributed by atoms with E-state index in [0.717, 1.165) is 18.8 Å². The average molecular weight is 376 g/mol. The van der Waals surface area contributed by atoms with Gasteiger partial charge in [-0.05, 0) is 43.8 Å². The zero-order chi connectivity index (χ0) is 19.1. The zero-order valence-corrected chi connectivity index (χ0v) is 18.1. The summed E-state index contributed by atoms with van der Waals surface area (Å²) in [5.41, 5.74) is 0.652. The van der Waals surface area contributed by atoms with E-state index in [1.54, 1.807) is 12.1 Å². The summed E-state index contributed by atoms with van der Waals surface area (Å²) in [6.07, 6.45) is 14.8. The van der Waals surface area contributed by atoms with Gasteiger partial charge in [0.05, 0.1) is 11.6 Å². The topological polar surface area (TPSA) is 42.2 Å². The highest BCUT2D eigenvalue weighted by Gasteiger charge is 2.26. The van der Waals surface area contributed by atoms with Gasteiger partial charge in [0.15, 0.2) is 0 Å². The van der Waals surface area contributed by atoms with E-state index in [4.69, 9.17) is 14.1 Å². The van der Waals surface area contributed by atoms with E-state index in [1.807, 2.05) is 12.1 Å². The van der Waals surface area contributed by atoms with Crippen LogP contribution >= 0.6 is 0 Å². The summed E-state index contributed by atoms with van der Waals surface area (Å²) in [5.74, 6) is 0.791. The van der Waals surface area contributed by atoms with Crippen LogP contribution in [0.5, 0.6) is 5.75 Å². The maximum absolute atomic E-state index is 8.83. The van der Waals surface area contributed by atoms with Gasteiger partial charge >= 0.3 is 8.56 Å². The van der Waals surface area contributed by atoms with Gasteiger partial charge < -0.3 is 8.85 Å². The molecule has 0 heterocycles. The molecule has 0 spiro atoms. The molecule has 1 aromatic rings. The maximum Gasteiger partial charge on any atom is 0.392 e. The minimum atomic E-state index is -2.15. The fourth-order valence-electron chi connectivity index (χ4n) is 3.00. The fourth-order valence-corrected chi connectivity index (χ4v) is 4.39. The van der Waals surface area contributed by atoms with E-state index >= 15 is 0 Å². The quantitative estimate of drug-likeness (QED) is 0.245. The number of hydrogen-bond acceptors (Lipinski definition) is 3. The monoisotopic (exact) mass is 375 g/mol. The Hall–Kier alpha value is -1.31. The molecule has 0 aliphatic carbocycles. The van der Waals surface area contributed by atoms with Crippen molar-refractivity contribution in [2.75, 3.05) is 6.61 Å². The van der Waals surface area contributed by atoms with Gasteiger partial charge in [0.2, 0.25) is 0 Å². The first-order chi connectivity index (χ1) is 12.6. The number of benzene rings is 1. The third kappa shape index (κ3) is 11.3. The van der Waals surface area contributed by atoms with Crippen LogP contribution in [0.4, 0.5) is 0 Å². The Morgan fingerprint density at radius 2 is 1.31 bits per heavy atom. The van der Waals surface area contributed by atoms with Crippen LogP contribution < -0.4 is 4.43 Å². The second kappa shape index (κ2) is 13.8. The van der Waals surface area contributed by atoms with Gasteiger partial charge in [-0.3, -0.25) is 0 Å². The largest absolute Gasteiger partial charge is 0.520 e. The van der Waals surface area contributed by atoms with Crippen molar-refractivity contribution in [2.45, 2.75) is 90.6 Å². The van der Waals surface area contributed by atoms with E-state index in [1.165, 1.54) is 64.2 Å². The molecule has 0 atom stereocenters. The number of hydrogen-bond donors (Lipinski definition) is 0. The second-order valence-corrected chi connectivity index (χ2v) is 10.8. The molecule has 0 radical (unpaired) electrons. The first-order valence-electron chi connectivity index (χ1n) is 10.4. The van der Waals surface area contributed by atoms with E-state index < -0.39 is 8.56 Å². The lowest BCUT2D eigenvalue weighted by Gasteiger charge is -2.23. The molecule has 1 rings (SSSR count). The van der Waals surface area contributed by atoms with Gasteiger partial charge in [-0.25, -0.2) is 0 Å². The van der Waals surface area contributed by atoms with Crippen LogP contribution in [-0.2, 0) is 4.43 Å². The summed E-state index contributed by atoms with van der Waals surface area (Å²) in [6.45, 7) is 7.20. The number of nitriles is 1. The van der Waals surface area contributed by atoms with Crippen molar-refractivity contribution >= 4 is 8.56 Å². The highest BCUT2D eigenvalue weighted by atomic mass is 28.4. The fraction of sp³-hybridized carbons (Fsp3) is 0.682. The molecule has 1 aromatic carbocycles. The molecular formula is C22H37NO2Si. The van der Waals surface area contributed by atoms with Crippen LogP contribution in [0, 0.1) is 11.3 Å². The van der Waals surface area contributed by atoms with Gasteiger partial charge in [0.1, 0.15) is 5.75 Å². The third-order valence-electron chi connectivity index (χ3n) is 4.54. The van der Waals surface area contributed by atoms with Crippen LogP contribution in [0.15, 0.2) is 24.3 Å². The Morgan fingerprint density at radius 1 is 0.808 bits per heavy atom. The molecule has 0 unspecified atom stereocenters. The average Bonchev–Trinajstić information content (AvgIpc) is 2.63. The minimum absolute atomic E-state index is 0.652. The first-order valence-corrected chi connectivity index (χ1v) is 13.2. The molecule has 0 aliphatic heterocycles. The lowest BCUT2D eigenvalue weighted by molar-refractivity contribution is 0.240. The molecule has 0 N–H and O–H groups in total. The van der Waals surface area contributed by atoms with Crippen molar-refractivity contribution in [1.82, 2.24) is 0 Å². The van der Waals surface area contributed by atoms with Crippen LogP contribution in [0.25, 0.3) is 0 Å². The molecule has 0 aromatic heterocycles. The van der Waals surface area contributed by atoms with Crippen molar-refractivity contribution in [3.05, 3.63) is 29.8 Å². The standard InChI is InChI=1S/C22H37NO2Si/c1-4-5-6-7-8-9-10-11-12-13-14-19-24-26(2,3)25-22-17-15-21(20-23)16-18-22/h15-18H,4-14,19H2,1-3H3. The smallest absolute Gasteiger partial charge is 0.392 e. The summed E-state index contributed by atoms with van der Waals surface area (Å²) < 4.78 is 12.0. The molecule has 0 fully saturated rings. The van der Waals surface area contributed by atoms with Gasteiger partial charge in [-0.15, -0.1) is 0 Å². The van der Waals surface area contributed by atoms with Crippen LogP contribution in [0.2, 0.25) is 13.1 Å². The van der Waals surface area contributed by atoms with Crippen LogP contribution in [-0.4, -0.2) is 15.2 Å². The molecule has 26 heavy (non-hydrogen) atoms. The lowest BCUT2D eigenvalue weighted by atomic mass is 10.1. The molecule has 4 heteroatoms. The first kappa shape index (κ1) is 22.7. The van der Waals surface area contributed by atoms with Crippen molar-refractivity contribution in [1.29, 1.82) is 5.26 Å². The Kier molecular flexibility index (Phi) is 12.1. The van der Waals surface area contributed by atoms with E-state index in [0.29, 0.717) is 5.56 Å². The molecule has 0 saturated carbocycles. The van der Waals surface area contributed by atoms with Crippen molar-refractivity contribution in [3.8, 4) is 11.8 Å². The predicted octanol–water partition coefficient (Wildman–Crippen LogP) is 6.97. The summed E-state index contributed by atoms with van der Waals surface area (Å²) in [7, 11) is -2.15. The lowest BCUT2D eigenvalue weighted by Crippen LogP contribution is -2.38. The maximum atomic E-state index is 8.83. The van der Waals surface area contributed by atoms with Crippen molar-refractivity contribution in [2.24, 2.45) is 0 Å². The molecule has 0 amide bonds. The number of rotatable bonds is 15. The zero-order valence-electron chi connectivity index (χ0n) is 17.1. The molecule has 0 aliphatic rings. The number of nitrogens with zero attached hydrogens (tertiary/aromatic N) is 1. The second-order valence-electron chi connectivity index (χ2n) is 7.52. The Balaban J connectivity index is 2.01. The van der Waals surface area contributed by atoms with Gasteiger partial charge in [0, 0.05) is 6.61 Å². The SMILES string of the molecule is CCCCCCCCCCCCCO[Si](C)(C)Oc1ccc(C#N)cc1. The molecule has 146 valence electrons. The van der Waals surface area contributed by atoms with Crippen LogP contribution in [0.3, 0.4) is 0 Å².